The predicted molar refractivity (Wildman–Crippen MR) is 110 cm³/mol. The first-order chi connectivity index (χ1) is 13.7. The van der Waals surface area contributed by atoms with E-state index in [-0.39, 0.29) is 5.56 Å². The minimum Gasteiger partial charge on any atom is -0.489 e. The average molecular weight is 376 g/mol. The van der Waals surface area contributed by atoms with Crippen molar-refractivity contribution in [2.24, 2.45) is 0 Å². The number of hydrogen-bond acceptors (Lipinski definition) is 5. The molecule has 0 amide bonds. The number of benzene rings is 1. The summed E-state index contributed by atoms with van der Waals surface area (Å²) in [5.41, 5.74) is 1.66. The average Bonchev–Trinajstić information content (AvgIpc) is 3.23. The molecule has 3 aromatic rings. The fourth-order valence-electron chi connectivity index (χ4n) is 3.42. The Morgan fingerprint density at radius 2 is 2.04 bits per heavy atom. The van der Waals surface area contributed by atoms with Gasteiger partial charge in [-0.3, -0.25) is 9.36 Å². The van der Waals surface area contributed by atoms with Gasteiger partial charge in [0.2, 0.25) is 0 Å². The van der Waals surface area contributed by atoms with Crippen LogP contribution < -0.4 is 20.5 Å². The van der Waals surface area contributed by atoms with Gasteiger partial charge in [-0.1, -0.05) is 30.3 Å². The van der Waals surface area contributed by atoms with Crippen LogP contribution in [0.1, 0.15) is 12.0 Å². The lowest BCUT2D eigenvalue weighted by Gasteiger charge is -2.17. The number of nitrogens with zero attached hydrogens (tertiary/aromatic N) is 3. The molecule has 0 aliphatic carbocycles. The summed E-state index contributed by atoms with van der Waals surface area (Å²) in [7, 11) is 1.99. The van der Waals surface area contributed by atoms with Gasteiger partial charge in [-0.25, -0.2) is 4.98 Å². The Kier molecular flexibility index (Phi) is 5.39. The highest BCUT2D eigenvalue weighted by atomic mass is 16.5. The molecule has 6 heteroatoms. The van der Waals surface area contributed by atoms with E-state index in [1.807, 2.05) is 49.5 Å². The largest absolute Gasteiger partial charge is 0.489 e. The lowest BCUT2D eigenvalue weighted by atomic mass is 10.2. The van der Waals surface area contributed by atoms with Crippen molar-refractivity contribution in [2.45, 2.75) is 19.1 Å². The molecule has 1 aliphatic heterocycles. The van der Waals surface area contributed by atoms with Gasteiger partial charge in [-0.2, -0.15) is 0 Å². The predicted octanol–water partition coefficient (Wildman–Crippen LogP) is 2.61. The quantitative estimate of drug-likeness (QED) is 0.717. The molecule has 1 atom stereocenters. The van der Waals surface area contributed by atoms with Crippen LogP contribution in [0.4, 0.5) is 5.82 Å². The van der Waals surface area contributed by atoms with Crippen molar-refractivity contribution >= 4 is 5.82 Å². The third kappa shape index (κ3) is 4.07. The summed E-state index contributed by atoms with van der Waals surface area (Å²) in [5.74, 6) is 1.50. The molecule has 4 rings (SSSR count). The molecule has 2 aromatic heterocycles. The van der Waals surface area contributed by atoms with Gasteiger partial charge in [0, 0.05) is 31.4 Å². The molecule has 1 N–H and O–H groups in total. The maximum absolute atomic E-state index is 12.5. The van der Waals surface area contributed by atoms with Crippen LogP contribution in [0.2, 0.25) is 0 Å². The second-order valence-electron chi connectivity index (χ2n) is 6.94. The third-order valence-corrected chi connectivity index (χ3v) is 5.07. The molecule has 0 saturated carbocycles. The standard InChI is InChI=1S/C22H24N4O2/c1-23-18-9-11-25(15-18)21-8-7-19(14-24-21)26-12-10-20(13-22(26)27)28-16-17-5-3-2-4-6-17/h2-8,10,12-14,18,23H,9,11,15-16H2,1H3. The Labute approximate surface area is 164 Å². The van der Waals surface area contributed by atoms with Crippen LogP contribution in [-0.2, 0) is 6.61 Å². The Hall–Kier alpha value is -3.12. The van der Waals surface area contributed by atoms with Gasteiger partial charge >= 0.3 is 0 Å². The number of pyridine rings is 2. The highest BCUT2D eigenvalue weighted by Crippen LogP contribution is 2.19. The molecule has 1 fully saturated rings. The Morgan fingerprint density at radius 1 is 1.18 bits per heavy atom. The van der Waals surface area contributed by atoms with Gasteiger partial charge in [0.25, 0.3) is 5.56 Å². The van der Waals surface area contributed by atoms with Gasteiger partial charge in [-0.05, 0) is 37.2 Å². The number of rotatable bonds is 6. The van der Waals surface area contributed by atoms with E-state index < -0.39 is 0 Å². The molecule has 0 radical (unpaired) electrons. The summed E-state index contributed by atoms with van der Waals surface area (Å²) in [5, 5.41) is 3.31. The van der Waals surface area contributed by atoms with Crippen molar-refractivity contribution < 1.29 is 4.74 Å². The summed E-state index contributed by atoms with van der Waals surface area (Å²) in [6.07, 6.45) is 4.59. The SMILES string of the molecule is CNC1CCN(c2ccc(-n3ccc(OCc4ccccc4)cc3=O)cn2)C1. The number of nitrogens with one attached hydrogen (secondary N) is 1. The fraction of sp³-hybridized carbons (Fsp3) is 0.273. The fourth-order valence-corrected chi connectivity index (χ4v) is 3.42. The summed E-state index contributed by atoms with van der Waals surface area (Å²) in [4.78, 5) is 19.3. The smallest absolute Gasteiger partial charge is 0.258 e. The molecule has 1 aliphatic rings. The first-order valence-electron chi connectivity index (χ1n) is 9.51. The molecule has 0 bridgehead atoms. The van der Waals surface area contributed by atoms with E-state index >= 15 is 0 Å². The van der Waals surface area contributed by atoms with Crippen molar-refractivity contribution in [2.75, 3.05) is 25.0 Å². The first kappa shape index (κ1) is 18.3. The highest BCUT2D eigenvalue weighted by Gasteiger charge is 2.21. The van der Waals surface area contributed by atoms with E-state index in [2.05, 4.69) is 15.2 Å². The second-order valence-corrected chi connectivity index (χ2v) is 6.94. The number of likely N-dealkylation sites (N-methyl/N-ethyl adjacent to an activating group) is 1. The van der Waals surface area contributed by atoms with Gasteiger partial charge in [0.05, 0.1) is 11.9 Å². The van der Waals surface area contributed by atoms with Crippen LogP contribution in [-0.4, -0.2) is 35.7 Å². The van der Waals surface area contributed by atoms with Crippen LogP contribution in [0.25, 0.3) is 5.69 Å². The van der Waals surface area contributed by atoms with Crippen molar-refractivity contribution in [3.05, 3.63) is 82.9 Å². The minimum absolute atomic E-state index is 0.142. The lowest BCUT2D eigenvalue weighted by Crippen LogP contribution is -2.29. The van der Waals surface area contributed by atoms with Crippen molar-refractivity contribution in [1.82, 2.24) is 14.9 Å². The number of hydrogen-bond donors (Lipinski definition) is 1. The molecule has 28 heavy (non-hydrogen) atoms. The summed E-state index contributed by atoms with van der Waals surface area (Å²) >= 11 is 0. The number of aromatic nitrogens is 2. The molecule has 144 valence electrons. The van der Waals surface area contributed by atoms with E-state index in [1.54, 1.807) is 23.0 Å². The normalized spacial score (nSPS) is 16.3. The van der Waals surface area contributed by atoms with E-state index in [9.17, 15) is 4.79 Å². The van der Waals surface area contributed by atoms with Gasteiger partial charge < -0.3 is 15.0 Å². The van der Waals surface area contributed by atoms with Crippen molar-refractivity contribution in [3.8, 4) is 11.4 Å². The van der Waals surface area contributed by atoms with Crippen molar-refractivity contribution in [3.63, 3.8) is 0 Å². The third-order valence-electron chi connectivity index (χ3n) is 5.07. The van der Waals surface area contributed by atoms with Crippen LogP contribution in [0.5, 0.6) is 5.75 Å². The Balaban J connectivity index is 1.45. The van der Waals surface area contributed by atoms with Crippen LogP contribution in [0.3, 0.4) is 0 Å². The molecule has 1 saturated heterocycles. The molecule has 3 heterocycles. The van der Waals surface area contributed by atoms with Gasteiger partial charge in [0.15, 0.2) is 0 Å². The Morgan fingerprint density at radius 3 is 2.71 bits per heavy atom. The van der Waals surface area contributed by atoms with E-state index in [4.69, 9.17) is 4.74 Å². The number of ether oxygens (including phenoxy) is 1. The molecular formula is C22H24N4O2. The second kappa shape index (κ2) is 8.27. The van der Waals surface area contributed by atoms with Gasteiger partial charge in [-0.15, -0.1) is 0 Å². The maximum atomic E-state index is 12.5. The van der Waals surface area contributed by atoms with E-state index in [1.165, 1.54) is 6.07 Å². The molecule has 1 aromatic carbocycles. The van der Waals surface area contributed by atoms with Crippen LogP contribution in [0.15, 0.2) is 71.8 Å². The molecule has 0 spiro atoms. The zero-order chi connectivity index (χ0) is 19.3. The topological polar surface area (TPSA) is 59.4 Å². The monoisotopic (exact) mass is 376 g/mol. The lowest BCUT2D eigenvalue weighted by molar-refractivity contribution is 0.305. The summed E-state index contributed by atoms with van der Waals surface area (Å²) in [6.45, 7) is 2.38. The molecule has 6 nitrogen and oxygen atoms in total. The summed E-state index contributed by atoms with van der Waals surface area (Å²) < 4.78 is 7.31. The minimum atomic E-state index is -0.142. The van der Waals surface area contributed by atoms with Gasteiger partial charge in [0.1, 0.15) is 18.2 Å². The molecular weight excluding hydrogens is 352 g/mol. The van der Waals surface area contributed by atoms with E-state index in [0.717, 1.165) is 36.6 Å². The first-order valence-corrected chi connectivity index (χ1v) is 9.51. The van der Waals surface area contributed by atoms with Crippen LogP contribution >= 0.6 is 0 Å². The van der Waals surface area contributed by atoms with Crippen molar-refractivity contribution in [1.29, 1.82) is 0 Å². The van der Waals surface area contributed by atoms with Crippen LogP contribution in [0, 0.1) is 0 Å². The van der Waals surface area contributed by atoms with E-state index in [0.29, 0.717) is 18.4 Å². The zero-order valence-corrected chi connectivity index (χ0v) is 15.9. The highest BCUT2D eigenvalue weighted by molar-refractivity contribution is 5.44. The number of anilines is 1. The zero-order valence-electron chi connectivity index (χ0n) is 15.9. The summed E-state index contributed by atoms with van der Waals surface area (Å²) in [6, 6.07) is 17.6. The maximum Gasteiger partial charge on any atom is 0.258 e. The molecule has 1 unspecified atom stereocenters. The Bertz CT molecular complexity index is 970.